The Morgan fingerprint density at radius 2 is 1.93 bits per heavy atom. The Morgan fingerprint density at radius 1 is 1.07 bits per heavy atom. The standard InChI is InChI=1S/C22H28N4O2/c27-21(15-26-22(28)20-7-2-1-6-18(20)10-23-26)25-13-17-8-9-19(14-25)24(12-17)11-16-4-3-5-16/h1-2,6-7,10,16-17,19H,3-5,8-9,11-15H2. The highest BCUT2D eigenvalue weighted by molar-refractivity contribution is 5.81. The van der Waals surface area contributed by atoms with Crippen LogP contribution >= 0.6 is 0 Å². The quantitative estimate of drug-likeness (QED) is 0.815. The van der Waals surface area contributed by atoms with Crippen LogP contribution in [0, 0.1) is 11.8 Å². The lowest BCUT2D eigenvalue weighted by Crippen LogP contribution is -2.47. The predicted molar refractivity (Wildman–Crippen MR) is 108 cm³/mol. The van der Waals surface area contributed by atoms with Crippen LogP contribution in [0.25, 0.3) is 10.8 Å². The average molecular weight is 380 g/mol. The van der Waals surface area contributed by atoms with Gasteiger partial charge in [-0.25, -0.2) is 4.68 Å². The lowest BCUT2D eigenvalue weighted by molar-refractivity contribution is -0.132. The van der Waals surface area contributed by atoms with Crippen molar-refractivity contribution >= 4 is 16.7 Å². The largest absolute Gasteiger partial charge is 0.339 e. The van der Waals surface area contributed by atoms with Crippen LogP contribution in [0.2, 0.25) is 0 Å². The first-order valence-electron chi connectivity index (χ1n) is 10.6. The molecule has 2 bridgehead atoms. The second-order valence-electron chi connectivity index (χ2n) is 8.84. The highest BCUT2D eigenvalue weighted by atomic mass is 16.2. The fourth-order valence-electron chi connectivity index (χ4n) is 5.08. The summed E-state index contributed by atoms with van der Waals surface area (Å²) in [5.74, 6) is 1.44. The minimum atomic E-state index is -0.184. The topological polar surface area (TPSA) is 58.4 Å². The molecule has 1 aromatic carbocycles. The molecule has 3 saturated heterocycles. The molecule has 0 spiro atoms. The van der Waals surface area contributed by atoms with Crippen LogP contribution in [-0.4, -0.2) is 57.7 Å². The number of amides is 1. The van der Waals surface area contributed by atoms with Gasteiger partial charge in [0, 0.05) is 37.6 Å². The number of carbonyl (C=O) groups excluding carboxylic acids is 1. The zero-order valence-corrected chi connectivity index (χ0v) is 16.3. The number of hydrogen-bond donors (Lipinski definition) is 0. The average Bonchev–Trinajstić information content (AvgIpc) is 2.99. The van der Waals surface area contributed by atoms with E-state index in [0.717, 1.165) is 30.9 Å². The van der Waals surface area contributed by atoms with Gasteiger partial charge in [-0.3, -0.25) is 14.5 Å². The summed E-state index contributed by atoms with van der Waals surface area (Å²) < 4.78 is 1.32. The highest BCUT2D eigenvalue weighted by Gasteiger charge is 2.37. The van der Waals surface area contributed by atoms with E-state index in [1.54, 1.807) is 12.3 Å². The van der Waals surface area contributed by atoms with E-state index in [9.17, 15) is 9.59 Å². The van der Waals surface area contributed by atoms with Crippen molar-refractivity contribution in [1.29, 1.82) is 0 Å². The molecule has 6 rings (SSSR count). The number of piperidine rings is 1. The van der Waals surface area contributed by atoms with Crippen molar-refractivity contribution in [2.24, 2.45) is 11.8 Å². The van der Waals surface area contributed by atoms with Crippen molar-refractivity contribution in [3.63, 3.8) is 0 Å². The Kier molecular flexibility index (Phi) is 4.67. The number of nitrogens with zero attached hydrogens (tertiary/aromatic N) is 4. The molecule has 2 unspecified atom stereocenters. The number of rotatable bonds is 4. The van der Waals surface area contributed by atoms with Gasteiger partial charge in [-0.2, -0.15) is 5.10 Å². The molecule has 4 fully saturated rings. The lowest BCUT2D eigenvalue weighted by Gasteiger charge is -2.40. The van der Waals surface area contributed by atoms with Gasteiger partial charge < -0.3 is 4.90 Å². The molecule has 1 aliphatic carbocycles. The van der Waals surface area contributed by atoms with Crippen LogP contribution in [0.4, 0.5) is 0 Å². The number of aromatic nitrogens is 2. The second kappa shape index (κ2) is 7.32. The third kappa shape index (κ3) is 3.34. The molecule has 0 N–H and O–H groups in total. The molecule has 0 radical (unpaired) electrons. The monoisotopic (exact) mass is 380 g/mol. The van der Waals surface area contributed by atoms with Crippen LogP contribution < -0.4 is 5.56 Å². The van der Waals surface area contributed by atoms with E-state index >= 15 is 0 Å². The van der Waals surface area contributed by atoms with E-state index in [1.165, 1.54) is 43.3 Å². The van der Waals surface area contributed by atoms with E-state index in [2.05, 4.69) is 10.00 Å². The molecule has 1 saturated carbocycles. The van der Waals surface area contributed by atoms with Gasteiger partial charge in [0.1, 0.15) is 6.54 Å². The van der Waals surface area contributed by atoms with E-state index in [0.29, 0.717) is 17.3 Å². The fraction of sp³-hybridized carbons (Fsp3) is 0.591. The summed E-state index contributed by atoms with van der Waals surface area (Å²) in [6.45, 7) is 3.98. The van der Waals surface area contributed by atoms with Gasteiger partial charge in [-0.15, -0.1) is 0 Å². The summed E-state index contributed by atoms with van der Waals surface area (Å²) in [7, 11) is 0. The lowest BCUT2D eigenvalue weighted by atomic mass is 9.83. The molecular weight excluding hydrogens is 352 g/mol. The second-order valence-corrected chi connectivity index (χ2v) is 8.84. The van der Waals surface area contributed by atoms with Gasteiger partial charge in [0.15, 0.2) is 0 Å². The molecule has 28 heavy (non-hydrogen) atoms. The maximum Gasteiger partial charge on any atom is 0.275 e. The maximum atomic E-state index is 13.0. The first-order valence-corrected chi connectivity index (χ1v) is 10.6. The first kappa shape index (κ1) is 17.9. The predicted octanol–water partition coefficient (Wildman–Crippen LogP) is 2.12. The fourth-order valence-corrected chi connectivity index (χ4v) is 5.08. The van der Waals surface area contributed by atoms with Gasteiger partial charge >= 0.3 is 0 Å². The smallest absolute Gasteiger partial charge is 0.275 e. The van der Waals surface area contributed by atoms with Crippen molar-refractivity contribution in [2.75, 3.05) is 26.2 Å². The third-order valence-electron chi connectivity index (χ3n) is 6.94. The molecule has 2 atom stereocenters. The van der Waals surface area contributed by atoms with Gasteiger partial charge in [0.25, 0.3) is 5.56 Å². The normalized spacial score (nSPS) is 25.6. The number of hydrogen-bond acceptors (Lipinski definition) is 4. The van der Waals surface area contributed by atoms with Crippen LogP contribution in [0.1, 0.15) is 32.1 Å². The molecule has 1 aromatic heterocycles. The molecule has 6 nitrogen and oxygen atoms in total. The van der Waals surface area contributed by atoms with Crippen molar-refractivity contribution in [1.82, 2.24) is 19.6 Å². The Morgan fingerprint density at radius 3 is 2.75 bits per heavy atom. The van der Waals surface area contributed by atoms with Crippen molar-refractivity contribution in [3.05, 3.63) is 40.8 Å². The van der Waals surface area contributed by atoms with Crippen LogP contribution in [-0.2, 0) is 11.3 Å². The Hall–Kier alpha value is -2.21. The Balaban J connectivity index is 1.30. The van der Waals surface area contributed by atoms with Gasteiger partial charge in [0.05, 0.1) is 11.6 Å². The summed E-state index contributed by atoms with van der Waals surface area (Å²) in [5.41, 5.74) is -0.184. The van der Waals surface area contributed by atoms with Crippen molar-refractivity contribution in [2.45, 2.75) is 44.7 Å². The van der Waals surface area contributed by atoms with Crippen molar-refractivity contribution in [3.8, 4) is 0 Å². The SMILES string of the molecule is O=C(Cn1ncc2ccccc2c1=O)N1CC2CCC(C1)N(CC1CCC1)C2. The summed E-state index contributed by atoms with van der Waals surface area (Å²) in [6.07, 6.45) is 8.19. The molecule has 4 aliphatic rings. The highest BCUT2D eigenvalue weighted by Crippen LogP contribution is 2.33. The van der Waals surface area contributed by atoms with Gasteiger partial charge in [-0.1, -0.05) is 24.6 Å². The molecule has 1 amide bonds. The number of benzene rings is 1. The van der Waals surface area contributed by atoms with Crippen LogP contribution in [0.15, 0.2) is 35.3 Å². The molecule has 4 heterocycles. The number of carbonyl (C=O) groups is 1. The third-order valence-corrected chi connectivity index (χ3v) is 6.94. The minimum absolute atomic E-state index is 0.0206. The maximum absolute atomic E-state index is 13.0. The van der Waals surface area contributed by atoms with E-state index < -0.39 is 0 Å². The van der Waals surface area contributed by atoms with Crippen LogP contribution in [0.3, 0.4) is 0 Å². The zero-order chi connectivity index (χ0) is 19.1. The summed E-state index contributed by atoms with van der Waals surface area (Å²) >= 11 is 0. The minimum Gasteiger partial charge on any atom is -0.339 e. The van der Waals surface area contributed by atoms with E-state index in [4.69, 9.17) is 0 Å². The van der Waals surface area contributed by atoms with Crippen LogP contribution in [0.5, 0.6) is 0 Å². The van der Waals surface area contributed by atoms with Gasteiger partial charge in [-0.05, 0) is 43.6 Å². The van der Waals surface area contributed by atoms with E-state index in [1.807, 2.05) is 23.1 Å². The Labute approximate surface area is 165 Å². The van der Waals surface area contributed by atoms with Crippen molar-refractivity contribution < 1.29 is 4.79 Å². The molecular formula is C22H28N4O2. The summed E-state index contributed by atoms with van der Waals surface area (Å²) in [5, 5.41) is 5.67. The summed E-state index contributed by atoms with van der Waals surface area (Å²) in [4.78, 5) is 30.4. The summed E-state index contributed by atoms with van der Waals surface area (Å²) in [6, 6.07) is 7.88. The Bertz CT molecular complexity index is 936. The van der Waals surface area contributed by atoms with E-state index in [-0.39, 0.29) is 18.0 Å². The first-order chi connectivity index (χ1) is 13.7. The number of fused-ring (bicyclic) bond motifs is 5. The zero-order valence-electron chi connectivity index (χ0n) is 16.3. The molecule has 148 valence electrons. The molecule has 6 heteroatoms. The van der Waals surface area contributed by atoms with Gasteiger partial charge in [0.2, 0.25) is 5.91 Å². The molecule has 3 aliphatic heterocycles. The molecule has 2 aromatic rings.